The van der Waals surface area contributed by atoms with E-state index in [2.05, 4.69) is 36.5 Å². The molecule has 0 unspecified atom stereocenters. The molecule has 0 aliphatic rings. The van der Waals surface area contributed by atoms with Crippen molar-refractivity contribution in [1.29, 1.82) is 0 Å². The predicted molar refractivity (Wildman–Crippen MR) is 96.5 cm³/mol. The minimum atomic E-state index is -0.752. The topological polar surface area (TPSA) is 93.2 Å². The zero-order valence-corrected chi connectivity index (χ0v) is 15.7. The lowest BCUT2D eigenvalue weighted by atomic mass is 10.3. The van der Waals surface area contributed by atoms with Crippen LogP contribution in [0.25, 0.3) is 0 Å². The fourth-order valence-electron chi connectivity index (χ4n) is 1.77. The molecule has 0 fully saturated rings. The minimum Gasteiger partial charge on any atom is -0.462 e. The molecule has 25 heavy (non-hydrogen) atoms. The van der Waals surface area contributed by atoms with Crippen LogP contribution in [0.15, 0.2) is 34.0 Å². The van der Waals surface area contributed by atoms with E-state index >= 15 is 0 Å². The third-order valence-corrected chi connectivity index (χ3v) is 3.91. The highest BCUT2D eigenvalue weighted by Crippen LogP contribution is 2.21. The van der Waals surface area contributed by atoms with Gasteiger partial charge in [0.15, 0.2) is 11.0 Å². The highest BCUT2D eigenvalue weighted by Gasteiger charge is 2.18. The summed E-state index contributed by atoms with van der Waals surface area (Å²) >= 11 is 4.37. The van der Waals surface area contributed by atoms with Crippen molar-refractivity contribution < 1.29 is 18.7 Å². The van der Waals surface area contributed by atoms with Crippen molar-refractivity contribution in [3.63, 3.8) is 0 Å². The Morgan fingerprint density at radius 1 is 1.36 bits per heavy atom. The van der Waals surface area contributed by atoms with Gasteiger partial charge in [0.2, 0.25) is 0 Å². The predicted octanol–water partition coefficient (Wildman–Crippen LogP) is 3.92. The van der Waals surface area contributed by atoms with Gasteiger partial charge in [0.05, 0.1) is 12.3 Å². The number of aromatic nitrogens is 2. The lowest BCUT2D eigenvalue weighted by Gasteiger charge is -2.11. The fraction of sp³-hybridized carbons (Fsp3) is 0.200. The van der Waals surface area contributed by atoms with Gasteiger partial charge in [0, 0.05) is 10.7 Å². The molecule has 0 saturated heterocycles. The number of thioether (sulfide) groups is 1. The number of amides is 2. The van der Waals surface area contributed by atoms with Crippen LogP contribution in [-0.2, 0) is 4.74 Å². The van der Waals surface area contributed by atoms with Crippen LogP contribution < -0.4 is 10.6 Å². The molecular weight excluding hydrogens is 415 g/mol. The summed E-state index contributed by atoms with van der Waals surface area (Å²) in [7, 11) is 0. The summed E-state index contributed by atoms with van der Waals surface area (Å²) in [5, 5.41) is 5.14. The van der Waals surface area contributed by atoms with Gasteiger partial charge < -0.3 is 10.1 Å². The number of hydrogen-bond acceptors (Lipinski definition) is 6. The molecule has 0 atom stereocenters. The van der Waals surface area contributed by atoms with Crippen molar-refractivity contribution in [1.82, 2.24) is 9.97 Å². The standard InChI is InChI=1S/C15H14BrFN4O3S/c1-3-24-13(22)9-7-18-15(25-2)21-12(9)20-14(23)19-11-5-4-8(16)6-10(11)17/h4-7H,3H2,1-2H3,(H2,18,19,20,21,23). The zero-order valence-electron chi connectivity index (χ0n) is 13.3. The Kier molecular flexibility index (Phi) is 6.71. The molecule has 0 aliphatic heterocycles. The molecule has 2 N–H and O–H groups in total. The van der Waals surface area contributed by atoms with E-state index in [1.165, 1.54) is 30.1 Å². The monoisotopic (exact) mass is 428 g/mol. The van der Waals surface area contributed by atoms with Crippen LogP contribution in [0.4, 0.5) is 20.7 Å². The van der Waals surface area contributed by atoms with Crippen LogP contribution in [0, 0.1) is 5.82 Å². The van der Waals surface area contributed by atoms with Gasteiger partial charge in [-0.25, -0.2) is 23.9 Å². The summed E-state index contributed by atoms with van der Waals surface area (Å²) < 4.78 is 19.3. The lowest BCUT2D eigenvalue weighted by Crippen LogP contribution is -2.23. The number of carbonyl (C=O) groups excluding carboxylic acids is 2. The molecule has 132 valence electrons. The van der Waals surface area contributed by atoms with E-state index in [1.807, 2.05) is 0 Å². The lowest BCUT2D eigenvalue weighted by molar-refractivity contribution is 0.0526. The summed E-state index contributed by atoms with van der Waals surface area (Å²) in [6, 6.07) is 3.45. The summed E-state index contributed by atoms with van der Waals surface area (Å²) in [5.74, 6) is -1.30. The Morgan fingerprint density at radius 2 is 2.12 bits per heavy atom. The third-order valence-electron chi connectivity index (χ3n) is 2.86. The average molecular weight is 429 g/mol. The second kappa shape index (κ2) is 8.77. The highest BCUT2D eigenvalue weighted by molar-refractivity contribution is 9.10. The molecule has 2 rings (SSSR count). The molecule has 1 aromatic heterocycles. The minimum absolute atomic E-state index is 0.00563. The fourth-order valence-corrected chi connectivity index (χ4v) is 2.44. The van der Waals surface area contributed by atoms with E-state index in [-0.39, 0.29) is 23.7 Å². The first-order valence-electron chi connectivity index (χ1n) is 7.05. The van der Waals surface area contributed by atoms with E-state index in [4.69, 9.17) is 4.74 Å². The molecule has 7 nitrogen and oxygen atoms in total. The van der Waals surface area contributed by atoms with Crippen LogP contribution in [0.3, 0.4) is 0 Å². The summed E-state index contributed by atoms with van der Waals surface area (Å²) in [6.07, 6.45) is 3.02. The second-order valence-electron chi connectivity index (χ2n) is 4.54. The molecule has 10 heteroatoms. The quantitative estimate of drug-likeness (QED) is 0.425. The van der Waals surface area contributed by atoms with Crippen molar-refractivity contribution in [3.05, 3.63) is 40.2 Å². The van der Waals surface area contributed by atoms with Crippen molar-refractivity contribution in [3.8, 4) is 0 Å². The SMILES string of the molecule is CCOC(=O)c1cnc(SC)nc1NC(=O)Nc1ccc(Br)cc1F. The zero-order chi connectivity index (χ0) is 18.4. The molecule has 0 aliphatic carbocycles. The van der Waals surface area contributed by atoms with Crippen LogP contribution in [0.1, 0.15) is 17.3 Å². The number of rotatable bonds is 5. The summed E-state index contributed by atoms with van der Waals surface area (Å²) in [4.78, 5) is 32.2. The van der Waals surface area contributed by atoms with Crippen molar-refractivity contribution >= 4 is 51.2 Å². The second-order valence-corrected chi connectivity index (χ2v) is 6.23. The molecule has 0 saturated carbocycles. The first-order chi connectivity index (χ1) is 11.9. The van der Waals surface area contributed by atoms with Gasteiger partial charge in [-0.15, -0.1) is 0 Å². The molecule has 1 aromatic carbocycles. The molecule has 2 amide bonds. The maximum Gasteiger partial charge on any atom is 0.343 e. The highest BCUT2D eigenvalue weighted by atomic mass is 79.9. The van der Waals surface area contributed by atoms with Crippen molar-refractivity contribution in [2.45, 2.75) is 12.1 Å². The summed E-state index contributed by atoms with van der Waals surface area (Å²) in [6.45, 7) is 1.82. The first kappa shape index (κ1) is 19.1. The molecule has 0 radical (unpaired) electrons. The van der Waals surface area contributed by atoms with Gasteiger partial charge in [-0.2, -0.15) is 0 Å². The first-order valence-corrected chi connectivity index (χ1v) is 9.07. The van der Waals surface area contributed by atoms with E-state index < -0.39 is 17.8 Å². The van der Waals surface area contributed by atoms with Crippen molar-refractivity contribution in [2.75, 3.05) is 23.5 Å². The van der Waals surface area contributed by atoms with E-state index in [0.717, 1.165) is 0 Å². The van der Waals surface area contributed by atoms with E-state index in [9.17, 15) is 14.0 Å². The largest absolute Gasteiger partial charge is 0.462 e. The number of carbonyl (C=O) groups is 2. The molecule has 1 heterocycles. The number of nitrogens with zero attached hydrogens (tertiary/aromatic N) is 2. The van der Waals surface area contributed by atoms with Gasteiger partial charge in [-0.1, -0.05) is 27.7 Å². The van der Waals surface area contributed by atoms with Crippen LogP contribution in [0.5, 0.6) is 0 Å². The third kappa shape index (κ3) is 5.13. The number of anilines is 2. The van der Waals surface area contributed by atoms with E-state index in [0.29, 0.717) is 9.63 Å². The van der Waals surface area contributed by atoms with Crippen LogP contribution >= 0.6 is 27.7 Å². The number of halogens is 2. The number of esters is 1. The Bertz CT molecular complexity index is 806. The van der Waals surface area contributed by atoms with Crippen LogP contribution in [0.2, 0.25) is 0 Å². The Balaban J connectivity index is 2.22. The van der Waals surface area contributed by atoms with Gasteiger partial charge in [0.25, 0.3) is 0 Å². The Hall–Kier alpha value is -2.20. The number of nitrogens with one attached hydrogen (secondary N) is 2. The van der Waals surface area contributed by atoms with Crippen LogP contribution in [-0.4, -0.2) is 34.8 Å². The van der Waals surface area contributed by atoms with Gasteiger partial charge >= 0.3 is 12.0 Å². The number of benzene rings is 1. The Labute approximate surface area is 155 Å². The molecule has 0 bridgehead atoms. The molecule has 2 aromatic rings. The number of urea groups is 1. The molecular formula is C15H14BrFN4O3S. The van der Waals surface area contributed by atoms with Gasteiger partial charge in [0.1, 0.15) is 11.4 Å². The summed E-state index contributed by atoms with van der Waals surface area (Å²) in [5.41, 5.74) is -0.0105. The smallest absolute Gasteiger partial charge is 0.343 e. The maximum absolute atomic E-state index is 13.8. The average Bonchev–Trinajstić information content (AvgIpc) is 2.57. The molecule has 0 spiro atoms. The number of ether oxygens (including phenoxy) is 1. The van der Waals surface area contributed by atoms with Crippen molar-refractivity contribution in [2.24, 2.45) is 0 Å². The number of hydrogen-bond donors (Lipinski definition) is 2. The van der Waals surface area contributed by atoms with Gasteiger partial charge in [-0.3, -0.25) is 5.32 Å². The maximum atomic E-state index is 13.8. The Morgan fingerprint density at radius 3 is 2.76 bits per heavy atom. The van der Waals surface area contributed by atoms with E-state index in [1.54, 1.807) is 19.2 Å². The van der Waals surface area contributed by atoms with Gasteiger partial charge in [-0.05, 0) is 31.4 Å². The normalized spacial score (nSPS) is 10.2.